The summed E-state index contributed by atoms with van der Waals surface area (Å²) in [4.78, 5) is 23.7. The van der Waals surface area contributed by atoms with Gasteiger partial charge in [-0.05, 0) is 60.5 Å². The molecule has 144 valence electrons. The Morgan fingerprint density at radius 3 is 2.43 bits per heavy atom. The number of anilines is 1. The van der Waals surface area contributed by atoms with Crippen molar-refractivity contribution >= 4 is 17.5 Å². The molecule has 0 bridgehead atoms. The molecule has 0 radical (unpaired) electrons. The summed E-state index contributed by atoms with van der Waals surface area (Å²) < 4.78 is 23.3. The fourth-order valence-electron chi connectivity index (χ4n) is 2.43. The molecule has 1 aromatic heterocycles. The molecule has 0 saturated carbocycles. The van der Waals surface area contributed by atoms with Crippen LogP contribution in [0.3, 0.4) is 0 Å². The van der Waals surface area contributed by atoms with E-state index in [0.29, 0.717) is 24.4 Å². The zero-order valence-corrected chi connectivity index (χ0v) is 15.0. The first-order valence-electron chi connectivity index (χ1n) is 8.69. The largest absolute Gasteiger partial charge is 0.484 e. The molecule has 3 aromatic rings. The Morgan fingerprint density at radius 1 is 1.00 bits per heavy atom. The molecule has 0 aliphatic carbocycles. The molecular weight excluding hydrogens is 363 g/mol. The lowest BCUT2D eigenvalue weighted by Gasteiger charge is -2.09. The second-order valence-electron chi connectivity index (χ2n) is 5.97. The van der Waals surface area contributed by atoms with E-state index in [9.17, 15) is 14.0 Å². The maximum atomic E-state index is 12.8. The van der Waals surface area contributed by atoms with E-state index < -0.39 is 0 Å². The molecule has 0 atom stereocenters. The summed E-state index contributed by atoms with van der Waals surface area (Å²) in [5, 5.41) is 5.44. The average Bonchev–Trinajstić information content (AvgIpc) is 3.24. The fourth-order valence-corrected chi connectivity index (χ4v) is 2.43. The lowest BCUT2D eigenvalue weighted by Crippen LogP contribution is -2.30. The molecular formula is C21H19FN2O4. The maximum absolute atomic E-state index is 12.8. The highest BCUT2D eigenvalue weighted by atomic mass is 19.1. The summed E-state index contributed by atoms with van der Waals surface area (Å²) in [6, 6.07) is 16.0. The molecule has 28 heavy (non-hydrogen) atoms. The van der Waals surface area contributed by atoms with Gasteiger partial charge in [0.05, 0.1) is 6.26 Å². The van der Waals surface area contributed by atoms with Crippen LogP contribution in [0.25, 0.3) is 0 Å². The summed E-state index contributed by atoms with van der Waals surface area (Å²) >= 11 is 0. The van der Waals surface area contributed by atoms with Crippen molar-refractivity contribution in [3.63, 3.8) is 0 Å². The summed E-state index contributed by atoms with van der Waals surface area (Å²) in [6.07, 6.45) is 2.03. The van der Waals surface area contributed by atoms with Crippen molar-refractivity contribution in [2.75, 3.05) is 18.5 Å². The third kappa shape index (κ3) is 5.70. The van der Waals surface area contributed by atoms with Gasteiger partial charge in [0.25, 0.3) is 11.8 Å². The number of furan rings is 1. The highest BCUT2D eigenvalue weighted by Crippen LogP contribution is 2.16. The molecule has 0 fully saturated rings. The van der Waals surface area contributed by atoms with E-state index in [0.717, 1.165) is 5.56 Å². The zero-order chi connectivity index (χ0) is 19.8. The molecule has 0 aliphatic heterocycles. The van der Waals surface area contributed by atoms with Crippen LogP contribution in [-0.2, 0) is 11.2 Å². The first-order chi connectivity index (χ1) is 13.6. The molecule has 6 nitrogen and oxygen atoms in total. The normalized spacial score (nSPS) is 10.3. The number of rotatable bonds is 8. The topological polar surface area (TPSA) is 80.6 Å². The van der Waals surface area contributed by atoms with Gasteiger partial charge in [-0.25, -0.2) is 4.39 Å². The van der Waals surface area contributed by atoms with Gasteiger partial charge in [0, 0.05) is 12.2 Å². The number of hydrogen-bond donors (Lipinski definition) is 2. The number of carbonyl (C=O) groups excluding carboxylic acids is 2. The Morgan fingerprint density at radius 2 is 1.75 bits per heavy atom. The van der Waals surface area contributed by atoms with Crippen molar-refractivity contribution in [1.82, 2.24) is 5.32 Å². The highest BCUT2D eigenvalue weighted by molar-refractivity contribution is 6.02. The highest BCUT2D eigenvalue weighted by Gasteiger charge is 2.09. The van der Waals surface area contributed by atoms with Crippen molar-refractivity contribution < 1.29 is 23.1 Å². The molecule has 0 aliphatic rings. The minimum atomic E-state index is -0.348. The standard InChI is InChI=1S/C21H19FN2O4/c22-16-5-3-15(4-6-16)11-12-23-20(25)14-28-18-9-7-17(8-10-18)24-21(26)19-2-1-13-27-19/h1-10,13H,11-12,14H2,(H,23,25)(H,24,26). The van der Waals surface area contributed by atoms with Gasteiger partial charge in [-0.1, -0.05) is 12.1 Å². The Bertz CT molecular complexity index is 907. The van der Waals surface area contributed by atoms with E-state index in [2.05, 4.69) is 10.6 Å². The number of nitrogens with one attached hydrogen (secondary N) is 2. The second kappa shape index (κ2) is 9.36. The summed E-state index contributed by atoms with van der Waals surface area (Å²) in [5.41, 5.74) is 1.52. The van der Waals surface area contributed by atoms with Gasteiger partial charge in [0.2, 0.25) is 0 Å². The number of hydrogen-bond acceptors (Lipinski definition) is 4. The molecule has 7 heteroatoms. The smallest absolute Gasteiger partial charge is 0.291 e. The van der Waals surface area contributed by atoms with Gasteiger partial charge in [0.1, 0.15) is 11.6 Å². The first kappa shape index (κ1) is 19.2. The van der Waals surface area contributed by atoms with Gasteiger partial charge >= 0.3 is 0 Å². The van der Waals surface area contributed by atoms with Crippen LogP contribution in [-0.4, -0.2) is 25.0 Å². The summed E-state index contributed by atoms with van der Waals surface area (Å²) in [5.74, 6) is -0.161. The zero-order valence-electron chi connectivity index (χ0n) is 15.0. The van der Waals surface area contributed by atoms with Crippen LogP contribution in [0.15, 0.2) is 71.3 Å². The van der Waals surface area contributed by atoms with E-state index in [1.807, 2.05) is 0 Å². The second-order valence-corrected chi connectivity index (χ2v) is 5.97. The molecule has 0 saturated heterocycles. The van der Waals surface area contributed by atoms with Gasteiger partial charge in [-0.2, -0.15) is 0 Å². The van der Waals surface area contributed by atoms with Crippen LogP contribution < -0.4 is 15.4 Å². The van der Waals surface area contributed by atoms with Crippen molar-refractivity contribution in [3.05, 3.63) is 84.1 Å². The average molecular weight is 382 g/mol. The Labute approximate surface area is 161 Å². The van der Waals surface area contributed by atoms with Crippen molar-refractivity contribution in [1.29, 1.82) is 0 Å². The van der Waals surface area contributed by atoms with Crippen LogP contribution in [0.1, 0.15) is 16.1 Å². The van der Waals surface area contributed by atoms with E-state index >= 15 is 0 Å². The Hall–Kier alpha value is -3.61. The van der Waals surface area contributed by atoms with Crippen LogP contribution >= 0.6 is 0 Å². The minimum absolute atomic E-state index is 0.123. The third-order valence-corrected chi connectivity index (χ3v) is 3.88. The predicted octanol–water partition coefficient (Wildman–Crippen LogP) is 3.41. The molecule has 1 heterocycles. The summed E-state index contributed by atoms with van der Waals surface area (Å²) in [7, 11) is 0. The Balaban J connectivity index is 1.38. The monoisotopic (exact) mass is 382 g/mol. The molecule has 2 N–H and O–H groups in total. The minimum Gasteiger partial charge on any atom is -0.484 e. The first-order valence-corrected chi connectivity index (χ1v) is 8.69. The number of benzene rings is 2. The van der Waals surface area contributed by atoms with Gasteiger partial charge in [0.15, 0.2) is 12.4 Å². The molecule has 2 amide bonds. The van der Waals surface area contributed by atoms with Crippen LogP contribution in [0, 0.1) is 5.82 Å². The predicted molar refractivity (Wildman–Crippen MR) is 102 cm³/mol. The van der Waals surface area contributed by atoms with E-state index in [-0.39, 0.29) is 30.0 Å². The number of carbonyl (C=O) groups is 2. The van der Waals surface area contributed by atoms with E-state index in [1.165, 1.54) is 18.4 Å². The quantitative estimate of drug-likeness (QED) is 0.626. The third-order valence-electron chi connectivity index (χ3n) is 3.88. The number of ether oxygens (including phenoxy) is 1. The van der Waals surface area contributed by atoms with Crippen LogP contribution in [0.5, 0.6) is 5.75 Å². The van der Waals surface area contributed by atoms with Gasteiger partial charge < -0.3 is 19.8 Å². The van der Waals surface area contributed by atoms with Crippen molar-refractivity contribution in [3.8, 4) is 5.75 Å². The fraction of sp³-hybridized carbons (Fsp3) is 0.143. The van der Waals surface area contributed by atoms with Gasteiger partial charge in [-0.15, -0.1) is 0 Å². The molecule has 2 aromatic carbocycles. The van der Waals surface area contributed by atoms with E-state index in [1.54, 1.807) is 48.5 Å². The van der Waals surface area contributed by atoms with Crippen LogP contribution in [0.4, 0.5) is 10.1 Å². The summed E-state index contributed by atoms with van der Waals surface area (Å²) in [6.45, 7) is 0.313. The van der Waals surface area contributed by atoms with Crippen molar-refractivity contribution in [2.45, 2.75) is 6.42 Å². The SMILES string of the molecule is O=C(COc1ccc(NC(=O)c2ccco2)cc1)NCCc1ccc(F)cc1. The Kier molecular flexibility index (Phi) is 6.41. The lowest BCUT2D eigenvalue weighted by molar-refractivity contribution is -0.123. The number of amides is 2. The molecule has 3 rings (SSSR count). The van der Waals surface area contributed by atoms with Gasteiger partial charge in [-0.3, -0.25) is 9.59 Å². The molecule has 0 spiro atoms. The van der Waals surface area contributed by atoms with Crippen molar-refractivity contribution in [2.24, 2.45) is 0 Å². The maximum Gasteiger partial charge on any atom is 0.291 e. The lowest BCUT2D eigenvalue weighted by atomic mass is 10.1. The number of halogens is 1. The molecule has 0 unspecified atom stereocenters. The van der Waals surface area contributed by atoms with E-state index in [4.69, 9.17) is 9.15 Å². The van der Waals surface area contributed by atoms with Crippen LogP contribution in [0.2, 0.25) is 0 Å².